The Morgan fingerprint density at radius 1 is 1.15 bits per heavy atom. The summed E-state index contributed by atoms with van der Waals surface area (Å²) in [5.74, 6) is -1.21. The van der Waals surface area contributed by atoms with Crippen molar-refractivity contribution in [2.75, 3.05) is 13.2 Å². The van der Waals surface area contributed by atoms with Crippen molar-refractivity contribution in [1.29, 1.82) is 0 Å². The SMILES string of the molecule is CCOCC(C)(O)c1cc(F)c2c(c1)C(=O)N(Cc1ccc(Cl)cn1)[C@@]2(O[C@H]1CCC(=O)C1)c1ccc(Cl)cc1. The van der Waals surface area contributed by atoms with Gasteiger partial charge >= 0.3 is 0 Å². The van der Waals surface area contributed by atoms with Gasteiger partial charge < -0.3 is 14.6 Å². The lowest BCUT2D eigenvalue weighted by Gasteiger charge is -2.41. The summed E-state index contributed by atoms with van der Waals surface area (Å²) >= 11 is 12.2. The molecule has 1 N–H and O–H groups in total. The van der Waals surface area contributed by atoms with Crippen LogP contribution in [0.15, 0.2) is 54.7 Å². The van der Waals surface area contributed by atoms with Gasteiger partial charge in [0.25, 0.3) is 5.91 Å². The number of nitrogens with zero attached hydrogens (tertiary/aromatic N) is 2. The number of aliphatic hydroxyl groups is 1. The van der Waals surface area contributed by atoms with Gasteiger partial charge in [-0.15, -0.1) is 0 Å². The minimum Gasteiger partial charge on any atom is -0.383 e. The zero-order valence-electron chi connectivity index (χ0n) is 22.1. The van der Waals surface area contributed by atoms with E-state index in [0.29, 0.717) is 40.8 Å². The van der Waals surface area contributed by atoms with Crippen LogP contribution >= 0.6 is 23.2 Å². The Balaban J connectivity index is 1.73. The second-order valence-electron chi connectivity index (χ2n) is 10.3. The molecule has 1 fully saturated rings. The van der Waals surface area contributed by atoms with Gasteiger partial charge in [0.1, 0.15) is 17.2 Å². The first kappa shape index (κ1) is 28.6. The van der Waals surface area contributed by atoms with E-state index < -0.39 is 29.2 Å². The zero-order chi connectivity index (χ0) is 28.7. The van der Waals surface area contributed by atoms with Gasteiger partial charge in [-0.25, -0.2) is 4.39 Å². The molecule has 2 aromatic carbocycles. The number of benzene rings is 2. The second-order valence-corrected chi connectivity index (χ2v) is 11.2. The number of carbonyl (C=O) groups is 2. The number of Topliss-reactive ketones (excluding diaryl/α,β-unsaturated/α-hetero) is 1. The summed E-state index contributed by atoms with van der Waals surface area (Å²) in [5.41, 5.74) is -2.09. The molecule has 210 valence electrons. The Bertz CT molecular complexity index is 1430. The Labute approximate surface area is 241 Å². The van der Waals surface area contributed by atoms with Gasteiger partial charge in [0.15, 0.2) is 0 Å². The molecular weight excluding hydrogens is 558 g/mol. The van der Waals surface area contributed by atoms with Gasteiger partial charge in [0, 0.05) is 36.2 Å². The first-order chi connectivity index (χ1) is 19.0. The minimum atomic E-state index is -1.73. The number of pyridine rings is 1. The van der Waals surface area contributed by atoms with Crippen LogP contribution in [0.2, 0.25) is 10.0 Å². The normalized spacial score (nSPS) is 22.1. The summed E-state index contributed by atoms with van der Waals surface area (Å²) in [4.78, 5) is 32.2. The molecule has 1 aromatic heterocycles. The molecular formula is C30H29Cl2FN2O5. The van der Waals surface area contributed by atoms with E-state index >= 15 is 4.39 Å². The number of fused-ring (bicyclic) bond motifs is 1. The van der Waals surface area contributed by atoms with Crippen LogP contribution in [0, 0.1) is 5.82 Å². The molecule has 0 radical (unpaired) electrons. The van der Waals surface area contributed by atoms with Gasteiger partial charge in [-0.3, -0.25) is 19.5 Å². The lowest BCUT2D eigenvalue weighted by atomic mass is 9.88. The largest absolute Gasteiger partial charge is 0.383 e. The van der Waals surface area contributed by atoms with Crippen LogP contribution in [0.4, 0.5) is 4.39 Å². The number of hydrogen-bond donors (Lipinski definition) is 1. The van der Waals surface area contributed by atoms with E-state index in [9.17, 15) is 14.7 Å². The fourth-order valence-electron chi connectivity index (χ4n) is 5.37. The maximum Gasteiger partial charge on any atom is 0.257 e. The third-order valence-electron chi connectivity index (χ3n) is 7.38. The van der Waals surface area contributed by atoms with E-state index in [0.717, 1.165) is 0 Å². The van der Waals surface area contributed by atoms with E-state index in [2.05, 4.69) is 4.98 Å². The smallest absolute Gasteiger partial charge is 0.257 e. The standard InChI is InChI=1S/C30H29Cl2FN2O5/c1-3-39-17-29(2,38)19-12-25-27(26(33)13-19)30(18-4-6-20(31)7-5-18,40-24-11-10-23(36)14-24)35(28(25)37)16-22-9-8-21(32)15-34-22/h4-9,12-13,15,24,38H,3,10-11,14,16-17H2,1-2H3/t24-,29?,30+/m0/s1. The number of aromatic nitrogens is 1. The number of rotatable bonds is 9. The van der Waals surface area contributed by atoms with Crippen molar-refractivity contribution < 1.29 is 28.6 Å². The highest BCUT2D eigenvalue weighted by atomic mass is 35.5. The van der Waals surface area contributed by atoms with Crippen LogP contribution in [-0.4, -0.2) is 46.0 Å². The van der Waals surface area contributed by atoms with Gasteiger partial charge in [-0.2, -0.15) is 0 Å². The molecule has 1 aliphatic carbocycles. The maximum atomic E-state index is 16.4. The average Bonchev–Trinajstić information content (AvgIpc) is 3.43. The lowest BCUT2D eigenvalue weighted by molar-refractivity contribution is -0.149. The Hall–Kier alpha value is -2.88. The summed E-state index contributed by atoms with van der Waals surface area (Å²) in [5, 5.41) is 12.0. The third-order valence-corrected chi connectivity index (χ3v) is 7.85. The van der Waals surface area contributed by atoms with Gasteiger partial charge in [0.05, 0.1) is 41.1 Å². The molecule has 1 saturated carbocycles. The predicted octanol–water partition coefficient (Wildman–Crippen LogP) is 5.77. The van der Waals surface area contributed by atoms with Gasteiger partial charge in [-0.1, -0.05) is 35.3 Å². The number of ketones is 1. The summed E-state index contributed by atoms with van der Waals surface area (Å²) in [6, 6.07) is 12.7. The second kappa shape index (κ2) is 11.2. The number of halogens is 3. The van der Waals surface area contributed by atoms with Crippen molar-refractivity contribution in [1.82, 2.24) is 9.88 Å². The number of ether oxygens (including phenoxy) is 2. The quantitative estimate of drug-likeness (QED) is 0.342. The van der Waals surface area contributed by atoms with Crippen LogP contribution in [-0.2, 0) is 32.1 Å². The molecule has 2 heterocycles. The highest BCUT2D eigenvalue weighted by molar-refractivity contribution is 6.30. The Morgan fingerprint density at radius 2 is 1.88 bits per heavy atom. The first-order valence-electron chi connectivity index (χ1n) is 13.1. The van der Waals surface area contributed by atoms with E-state index in [4.69, 9.17) is 32.7 Å². The molecule has 3 atom stereocenters. The van der Waals surface area contributed by atoms with Crippen LogP contribution in [0.3, 0.4) is 0 Å². The van der Waals surface area contributed by atoms with Gasteiger partial charge in [0.2, 0.25) is 5.72 Å². The van der Waals surface area contributed by atoms with Crippen molar-refractivity contribution in [3.05, 3.63) is 98.5 Å². The highest BCUT2D eigenvalue weighted by Crippen LogP contribution is 2.50. The molecule has 1 unspecified atom stereocenters. The van der Waals surface area contributed by atoms with Gasteiger partial charge in [-0.05, 0) is 62.2 Å². The highest BCUT2D eigenvalue weighted by Gasteiger charge is 2.56. The molecule has 0 bridgehead atoms. The summed E-state index contributed by atoms with van der Waals surface area (Å²) in [6.07, 6.45) is 1.84. The predicted molar refractivity (Wildman–Crippen MR) is 148 cm³/mol. The Morgan fingerprint density at radius 3 is 2.50 bits per heavy atom. The molecule has 10 heteroatoms. The molecule has 1 aliphatic heterocycles. The fourth-order valence-corrected chi connectivity index (χ4v) is 5.61. The number of amides is 1. The summed E-state index contributed by atoms with van der Waals surface area (Å²) in [7, 11) is 0. The molecule has 0 spiro atoms. The molecule has 3 aromatic rings. The van der Waals surface area contributed by atoms with E-state index in [1.54, 1.807) is 43.3 Å². The van der Waals surface area contributed by atoms with E-state index in [-0.39, 0.29) is 42.0 Å². The summed E-state index contributed by atoms with van der Waals surface area (Å²) in [6.45, 7) is 3.52. The maximum absolute atomic E-state index is 16.4. The first-order valence-corrected chi connectivity index (χ1v) is 13.8. The van der Waals surface area contributed by atoms with Crippen molar-refractivity contribution >= 4 is 34.9 Å². The molecule has 40 heavy (non-hydrogen) atoms. The molecule has 5 rings (SSSR count). The zero-order valence-corrected chi connectivity index (χ0v) is 23.6. The van der Waals surface area contributed by atoms with Crippen LogP contribution < -0.4 is 0 Å². The van der Waals surface area contributed by atoms with E-state index in [1.807, 2.05) is 0 Å². The van der Waals surface area contributed by atoms with Crippen molar-refractivity contribution in [3.8, 4) is 0 Å². The fraction of sp³-hybridized carbons (Fsp3) is 0.367. The topological polar surface area (TPSA) is 89.0 Å². The monoisotopic (exact) mass is 586 g/mol. The van der Waals surface area contributed by atoms with E-state index in [1.165, 1.54) is 30.2 Å². The lowest BCUT2D eigenvalue weighted by Crippen LogP contribution is -2.48. The van der Waals surface area contributed by atoms with Crippen molar-refractivity contribution in [3.63, 3.8) is 0 Å². The van der Waals surface area contributed by atoms with Crippen molar-refractivity contribution in [2.24, 2.45) is 0 Å². The Kier molecular flexibility index (Phi) is 8.01. The number of hydrogen-bond acceptors (Lipinski definition) is 6. The van der Waals surface area contributed by atoms with Crippen molar-refractivity contribution in [2.45, 2.75) is 57.1 Å². The minimum absolute atomic E-state index is 0.00379. The molecule has 1 amide bonds. The average molecular weight is 587 g/mol. The number of carbonyl (C=O) groups excluding carboxylic acids is 2. The molecule has 0 saturated heterocycles. The summed E-state index contributed by atoms with van der Waals surface area (Å²) < 4.78 is 28.5. The van der Waals surface area contributed by atoms with Crippen LogP contribution in [0.5, 0.6) is 0 Å². The van der Waals surface area contributed by atoms with Crippen LogP contribution in [0.25, 0.3) is 0 Å². The third kappa shape index (κ3) is 5.27. The molecule has 2 aliphatic rings. The van der Waals surface area contributed by atoms with Crippen LogP contribution in [0.1, 0.15) is 65.9 Å². The molecule has 7 nitrogen and oxygen atoms in total.